The van der Waals surface area contributed by atoms with E-state index in [4.69, 9.17) is 14.6 Å². The van der Waals surface area contributed by atoms with Gasteiger partial charge >= 0.3 is 5.97 Å². The van der Waals surface area contributed by atoms with E-state index in [0.29, 0.717) is 38.0 Å². The third-order valence-corrected chi connectivity index (χ3v) is 2.92. The summed E-state index contributed by atoms with van der Waals surface area (Å²) in [6.07, 6.45) is 3.82. The summed E-state index contributed by atoms with van der Waals surface area (Å²) in [5.41, 5.74) is 0. The van der Waals surface area contributed by atoms with Crippen molar-refractivity contribution in [2.24, 2.45) is 0 Å². The largest absolute Gasteiger partial charge is 0.481 e. The molecule has 0 bridgehead atoms. The average molecular weight is 281 g/mol. The first-order valence-electron chi connectivity index (χ1n) is 6.72. The molecular formula is C13H19N3O4. The van der Waals surface area contributed by atoms with Gasteiger partial charge in [-0.3, -0.25) is 9.78 Å². The van der Waals surface area contributed by atoms with Crippen molar-refractivity contribution >= 4 is 11.8 Å². The fourth-order valence-electron chi connectivity index (χ4n) is 2.01. The minimum atomic E-state index is -0.858. The molecule has 0 saturated carbocycles. The van der Waals surface area contributed by atoms with Gasteiger partial charge in [0.25, 0.3) is 0 Å². The highest BCUT2D eigenvalue weighted by Crippen LogP contribution is 2.18. The molecule has 1 aliphatic heterocycles. The predicted octanol–water partition coefficient (Wildman–Crippen LogP) is 0.945. The van der Waals surface area contributed by atoms with E-state index in [1.54, 1.807) is 12.4 Å². The molecule has 2 heterocycles. The van der Waals surface area contributed by atoms with Gasteiger partial charge in [0.2, 0.25) is 5.88 Å². The van der Waals surface area contributed by atoms with Gasteiger partial charge in [0.1, 0.15) is 0 Å². The van der Waals surface area contributed by atoms with Crippen LogP contribution >= 0.6 is 0 Å². The second kappa shape index (κ2) is 7.04. The van der Waals surface area contributed by atoms with Crippen molar-refractivity contribution in [3.63, 3.8) is 0 Å². The van der Waals surface area contributed by atoms with E-state index in [-0.39, 0.29) is 12.5 Å². The Balaban J connectivity index is 2.00. The number of anilines is 1. The Labute approximate surface area is 117 Å². The summed E-state index contributed by atoms with van der Waals surface area (Å²) in [6, 6.07) is 0. The molecule has 1 aromatic heterocycles. The highest BCUT2D eigenvalue weighted by molar-refractivity contribution is 5.67. The Morgan fingerprint density at radius 1 is 1.60 bits per heavy atom. The molecule has 7 heteroatoms. The van der Waals surface area contributed by atoms with E-state index in [1.807, 2.05) is 11.8 Å². The van der Waals surface area contributed by atoms with Crippen LogP contribution in [0.5, 0.6) is 5.88 Å². The number of carboxylic acid groups (broad SMARTS) is 1. The zero-order valence-corrected chi connectivity index (χ0v) is 11.5. The smallest absolute Gasteiger partial charge is 0.306 e. The van der Waals surface area contributed by atoms with E-state index >= 15 is 0 Å². The fourth-order valence-corrected chi connectivity index (χ4v) is 2.01. The van der Waals surface area contributed by atoms with E-state index in [9.17, 15) is 4.79 Å². The van der Waals surface area contributed by atoms with Crippen LogP contribution in [-0.4, -0.2) is 53.5 Å². The topological polar surface area (TPSA) is 84.8 Å². The molecule has 1 atom stereocenters. The molecule has 0 spiro atoms. The van der Waals surface area contributed by atoms with E-state index in [2.05, 4.69) is 9.97 Å². The second-order valence-corrected chi connectivity index (χ2v) is 4.60. The summed E-state index contributed by atoms with van der Waals surface area (Å²) < 4.78 is 10.9. The maximum atomic E-state index is 10.7. The third-order valence-electron chi connectivity index (χ3n) is 2.92. The number of carboxylic acids is 1. The van der Waals surface area contributed by atoms with Crippen molar-refractivity contribution in [3.05, 3.63) is 12.4 Å². The van der Waals surface area contributed by atoms with Crippen molar-refractivity contribution in [1.82, 2.24) is 9.97 Å². The van der Waals surface area contributed by atoms with Crippen LogP contribution in [0.2, 0.25) is 0 Å². The maximum Gasteiger partial charge on any atom is 0.306 e. The van der Waals surface area contributed by atoms with Gasteiger partial charge in [0.15, 0.2) is 5.82 Å². The van der Waals surface area contributed by atoms with Gasteiger partial charge in [-0.15, -0.1) is 0 Å². The highest BCUT2D eigenvalue weighted by atomic mass is 16.5. The Bertz CT molecular complexity index is 455. The van der Waals surface area contributed by atoms with Crippen LogP contribution in [0, 0.1) is 0 Å². The molecule has 1 aliphatic rings. The van der Waals surface area contributed by atoms with Gasteiger partial charge in [0, 0.05) is 13.1 Å². The van der Waals surface area contributed by atoms with Gasteiger partial charge in [-0.2, -0.15) is 4.98 Å². The highest BCUT2D eigenvalue weighted by Gasteiger charge is 2.24. The summed E-state index contributed by atoms with van der Waals surface area (Å²) >= 11 is 0. The van der Waals surface area contributed by atoms with Crippen LogP contribution in [0.25, 0.3) is 0 Å². The van der Waals surface area contributed by atoms with Crippen molar-refractivity contribution in [3.8, 4) is 5.88 Å². The van der Waals surface area contributed by atoms with Crippen molar-refractivity contribution < 1.29 is 19.4 Å². The molecule has 0 amide bonds. The Morgan fingerprint density at radius 3 is 3.20 bits per heavy atom. The van der Waals surface area contributed by atoms with Crippen LogP contribution in [0.3, 0.4) is 0 Å². The van der Waals surface area contributed by atoms with Crippen LogP contribution < -0.4 is 9.64 Å². The van der Waals surface area contributed by atoms with E-state index in [0.717, 1.165) is 6.42 Å². The number of nitrogens with zero attached hydrogens (tertiary/aromatic N) is 3. The molecule has 0 aliphatic carbocycles. The average Bonchev–Trinajstić information content (AvgIpc) is 2.45. The maximum absolute atomic E-state index is 10.7. The third kappa shape index (κ3) is 4.06. The number of aliphatic carboxylic acids is 1. The zero-order valence-electron chi connectivity index (χ0n) is 11.5. The summed E-state index contributed by atoms with van der Waals surface area (Å²) in [4.78, 5) is 21.2. The zero-order chi connectivity index (χ0) is 14.4. The van der Waals surface area contributed by atoms with E-state index in [1.165, 1.54) is 0 Å². The molecule has 1 aromatic rings. The van der Waals surface area contributed by atoms with Crippen molar-refractivity contribution in [1.29, 1.82) is 0 Å². The number of rotatable bonds is 6. The Hall–Kier alpha value is -1.89. The summed E-state index contributed by atoms with van der Waals surface area (Å²) in [7, 11) is 0. The van der Waals surface area contributed by atoms with Crippen molar-refractivity contribution in [2.45, 2.75) is 25.9 Å². The fraction of sp³-hybridized carbons (Fsp3) is 0.615. The number of carbonyl (C=O) groups is 1. The molecule has 0 radical (unpaired) electrons. The summed E-state index contributed by atoms with van der Waals surface area (Å²) in [5, 5.41) is 8.82. The lowest BCUT2D eigenvalue weighted by Crippen LogP contribution is -2.43. The minimum absolute atomic E-state index is 0.00401. The van der Waals surface area contributed by atoms with Crippen LogP contribution in [-0.2, 0) is 9.53 Å². The second-order valence-electron chi connectivity index (χ2n) is 4.60. The van der Waals surface area contributed by atoms with Crippen LogP contribution in [0.15, 0.2) is 12.4 Å². The lowest BCUT2D eigenvalue weighted by atomic mass is 10.2. The van der Waals surface area contributed by atoms with Gasteiger partial charge < -0.3 is 19.5 Å². The predicted molar refractivity (Wildman–Crippen MR) is 72.0 cm³/mol. The molecule has 20 heavy (non-hydrogen) atoms. The number of ether oxygens (including phenoxy) is 2. The number of hydrogen-bond donors (Lipinski definition) is 1. The first-order chi connectivity index (χ1) is 9.69. The minimum Gasteiger partial charge on any atom is -0.481 e. The Morgan fingerprint density at radius 2 is 2.45 bits per heavy atom. The molecule has 1 fully saturated rings. The number of aromatic nitrogens is 2. The quantitative estimate of drug-likeness (QED) is 0.830. The van der Waals surface area contributed by atoms with Crippen molar-refractivity contribution in [2.75, 3.05) is 31.2 Å². The molecule has 2 rings (SSSR count). The molecule has 110 valence electrons. The molecule has 0 aromatic carbocycles. The summed E-state index contributed by atoms with van der Waals surface area (Å²) in [5.74, 6) is 0.325. The van der Waals surface area contributed by atoms with Crippen LogP contribution in [0.1, 0.15) is 19.8 Å². The Kier molecular flexibility index (Phi) is 5.11. The number of hydrogen-bond acceptors (Lipinski definition) is 6. The molecule has 7 nitrogen and oxygen atoms in total. The SMILES string of the molecule is CCCOc1cncc(N2CCOC(CC(=O)O)C2)n1. The lowest BCUT2D eigenvalue weighted by molar-refractivity contribution is -0.140. The van der Waals surface area contributed by atoms with Gasteiger partial charge in [-0.05, 0) is 6.42 Å². The summed E-state index contributed by atoms with van der Waals surface area (Å²) in [6.45, 7) is 4.28. The first-order valence-corrected chi connectivity index (χ1v) is 6.72. The van der Waals surface area contributed by atoms with Gasteiger partial charge in [0.05, 0.1) is 38.1 Å². The lowest BCUT2D eigenvalue weighted by Gasteiger charge is -2.32. The first kappa shape index (κ1) is 14.5. The molecule has 1 saturated heterocycles. The van der Waals surface area contributed by atoms with Crippen LogP contribution in [0.4, 0.5) is 5.82 Å². The number of morpholine rings is 1. The molecular weight excluding hydrogens is 262 g/mol. The van der Waals surface area contributed by atoms with E-state index < -0.39 is 5.97 Å². The van der Waals surface area contributed by atoms with Gasteiger partial charge in [-0.25, -0.2) is 0 Å². The molecule has 1 N–H and O–H groups in total. The monoisotopic (exact) mass is 281 g/mol. The van der Waals surface area contributed by atoms with Gasteiger partial charge in [-0.1, -0.05) is 6.92 Å². The normalized spacial score (nSPS) is 18.9. The standard InChI is InChI=1S/C13H19N3O4/c1-2-4-20-12-8-14-7-11(15-12)16-3-5-19-10(9-16)6-13(17)18/h7-8,10H,2-6,9H2,1H3,(H,17,18). The molecule has 1 unspecified atom stereocenters.